The van der Waals surface area contributed by atoms with Gasteiger partial charge in [0.1, 0.15) is 4.75 Å². The van der Waals surface area contributed by atoms with Crippen LogP contribution in [0.2, 0.25) is 0 Å². The van der Waals surface area contributed by atoms with E-state index in [1.165, 1.54) is 0 Å². The lowest BCUT2D eigenvalue weighted by Gasteiger charge is -2.24. The van der Waals surface area contributed by atoms with Crippen LogP contribution in [0.5, 0.6) is 0 Å². The predicted octanol–water partition coefficient (Wildman–Crippen LogP) is 3.18. The summed E-state index contributed by atoms with van der Waals surface area (Å²) in [5, 5.41) is 10.5. The number of aliphatic hydroxyl groups is 1. The van der Waals surface area contributed by atoms with Crippen LogP contribution in [0.3, 0.4) is 0 Å². The second-order valence-corrected chi connectivity index (χ2v) is 8.00. The molecule has 4 heteroatoms. The van der Waals surface area contributed by atoms with E-state index in [0.717, 1.165) is 19.3 Å². The minimum Gasteiger partial charge on any atom is -0.391 e. The molecule has 0 amide bonds. The molecule has 112 valence electrons. The Morgan fingerprint density at radius 1 is 1.25 bits per heavy atom. The summed E-state index contributed by atoms with van der Waals surface area (Å²) in [5.74, 6) is 0.0965. The van der Waals surface area contributed by atoms with Gasteiger partial charge in [0.05, 0.1) is 11.0 Å². The highest BCUT2D eigenvalue weighted by atomic mass is 32.2. The van der Waals surface area contributed by atoms with Crippen molar-refractivity contribution in [2.45, 2.75) is 61.7 Å². The van der Waals surface area contributed by atoms with Crippen molar-refractivity contribution < 1.29 is 13.5 Å². The van der Waals surface area contributed by atoms with Crippen molar-refractivity contribution in [3.8, 4) is 0 Å². The van der Waals surface area contributed by atoms with E-state index in [1.807, 2.05) is 13.0 Å². The van der Waals surface area contributed by atoms with Gasteiger partial charge in [-0.1, -0.05) is 44.9 Å². The molecule has 1 aromatic carbocycles. The fraction of sp³-hybridized carbons (Fsp3) is 0.625. The third-order valence-corrected chi connectivity index (χ3v) is 7.08. The number of sulfone groups is 1. The van der Waals surface area contributed by atoms with Gasteiger partial charge in [-0.05, 0) is 37.3 Å². The molecule has 1 aromatic rings. The molecule has 1 aliphatic carbocycles. The van der Waals surface area contributed by atoms with Crippen molar-refractivity contribution in [1.82, 2.24) is 0 Å². The van der Waals surface area contributed by atoms with Gasteiger partial charge in [-0.25, -0.2) is 8.42 Å². The smallest absolute Gasteiger partial charge is 0.186 e. The average Bonchev–Trinajstić information content (AvgIpc) is 3.17. The third kappa shape index (κ3) is 2.40. The number of benzene rings is 1. The minimum atomic E-state index is -3.47. The van der Waals surface area contributed by atoms with Gasteiger partial charge >= 0.3 is 0 Å². The van der Waals surface area contributed by atoms with Crippen molar-refractivity contribution >= 4 is 9.84 Å². The van der Waals surface area contributed by atoms with E-state index in [-0.39, 0.29) is 5.92 Å². The molecule has 3 nitrogen and oxygen atoms in total. The van der Waals surface area contributed by atoms with Crippen molar-refractivity contribution in [2.24, 2.45) is 5.92 Å². The molecule has 20 heavy (non-hydrogen) atoms. The summed E-state index contributed by atoms with van der Waals surface area (Å²) < 4.78 is 25.0. The van der Waals surface area contributed by atoms with E-state index >= 15 is 0 Å². The van der Waals surface area contributed by atoms with E-state index in [0.29, 0.717) is 17.7 Å². The highest BCUT2D eigenvalue weighted by Crippen LogP contribution is 2.57. The van der Waals surface area contributed by atoms with Crippen LogP contribution in [0.1, 0.15) is 46.0 Å². The highest BCUT2D eigenvalue weighted by molar-refractivity contribution is 7.93. The van der Waals surface area contributed by atoms with Crippen LogP contribution >= 0.6 is 0 Å². The summed E-state index contributed by atoms with van der Waals surface area (Å²) in [7, 11) is -3.47. The number of aliphatic hydroxyl groups excluding tert-OH is 1. The number of hydrogen-bond acceptors (Lipinski definition) is 3. The SMILES string of the molecule is CCCC(O)[C@]1(S(=O)(=O)c2ccccc2)C[C@@H]1CCC. The molecule has 0 saturated heterocycles. The lowest BCUT2D eigenvalue weighted by molar-refractivity contribution is 0.143. The Kier molecular flexibility index (Phi) is 4.55. The Balaban J connectivity index is 2.38. The average molecular weight is 296 g/mol. The topological polar surface area (TPSA) is 54.4 Å². The first kappa shape index (κ1) is 15.5. The van der Waals surface area contributed by atoms with Gasteiger partial charge in [0.15, 0.2) is 9.84 Å². The molecule has 1 aliphatic rings. The fourth-order valence-corrected chi connectivity index (χ4v) is 5.68. The van der Waals surface area contributed by atoms with Gasteiger partial charge < -0.3 is 5.11 Å². The summed E-state index contributed by atoms with van der Waals surface area (Å²) in [6.45, 7) is 4.04. The molecular formula is C16H24O3S. The van der Waals surface area contributed by atoms with E-state index in [9.17, 15) is 13.5 Å². The van der Waals surface area contributed by atoms with Crippen LogP contribution in [0.15, 0.2) is 35.2 Å². The normalized spacial score (nSPS) is 27.2. The molecule has 0 aromatic heterocycles. The zero-order valence-corrected chi connectivity index (χ0v) is 13.1. The molecule has 0 radical (unpaired) electrons. The van der Waals surface area contributed by atoms with Gasteiger partial charge in [0.25, 0.3) is 0 Å². The standard InChI is InChI=1S/C16H24O3S/c1-3-8-13-12-16(13,15(17)9-4-2)20(18,19)14-10-6-5-7-11-14/h5-7,10-11,13,15,17H,3-4,8-9,12H2,1-2H3/t13-,15?,16-/m0/s1. The largest absolute Gasteiger partial charge is 0.391 e. The molecule has 3 atom stereocenters. The zero-order chi connectivity index (χ0) is 14.8. The summed E-state index contributed by atoms with van der Waals surface area (Å²) in [6, 6.07) is 8.56. The van der Waals surface area contributed by atoms with Crippen molar-refractivity contribution in [3.05, 3.63) is 30.3 Å². The highest BCUT2D eigenvalue weighted by Gasteiger charge is 2.66. The van der Waals surface area contributed by atoms with Crippen LogP contribution in [0.25, 0.3) is 0 Å². The Labute approximate surface area is 121 Å². The zero-order valence-electron chi connectivity index (χ0n) is 12.2. The second kappa shape index (κ2) is 5.86. The first-order valence-corrected chi connectivity index (χ1v) is 8.96. The van der Waals surface area contributed by atoms with Gasteiger partial charge in [-0.2, -0.15) is 0 Å². The maximum absolute atomic E-state index is 13.0. The molecular weight excluding hydrogens is 272 g/mol. The Bertz CT molecular complexity index is 538. The van der Waals surface area contributed by atoms with Gasteiger partial charge in [-0.3, -0.25) is 0 Å². The van der Waals surface area contributed by atoms with E-state index in [1.54, 1.807) is 24.3 Å². The molecule has 1 fully saturated rings. The Hall–Kier alpha value is -0.870. The monoisotopic (exact) mass is 296 g/mol. The molecule has 2 rings (SSSR count). The number of rotatable bonds is 7. The molecule has 0 aliphatic heterocycles. The summed E-state index contributed by atoms with van der Waals surface area (Å²) in [4.78, 5) is 0.341. The summed E-state index contributed by atoms with van der Waals surface area (Å²) in [6.07, 6.45) is 3.01. The maximum Gasteiger partial charge on any atom is 0.186 e. The van der Waals surface area contributed by atoms with Crippen molar-refractivity contribution in [2.75, 3.05) is 0 Å². The van der Waals surface area contributed by atoms with Crippen LogP contribution in [0.4, 0.5) is 0 Å². The maximum atomic E-state index is 13.0. The summed E-state index contributed by atoms with van der Waals surface area (Å²) >= 11 is 0. The van der Waals surface area contributed by atoms with Gasteiger partial charge in [0, 0.05) is 0 Å². The Morgan fingerprint density at radius 3 is 2.45 bits per heavy atom. The third-order valence-electron chi connectivity index (χ3n) is 4.41. The predicted molar refractivity (Wildman–Crippen MR) is 80.3 cm³/mol. The van der Waals surface area contributed by atoms with Crippen molar-refractivity contribution in [3.63, 3.8) is 0 Å². The number of hydrogen-bond donors (Lipinski definition) is 1. The first-order valence-electron chi connectivity index (χ1n) is 7.48. The lowest BCUT2D eigenvalue weighted by Crippen LogP contribution is -2.38. The van der Waals surface area contributed by atoms with Gasteiger partial charge in [0.2, 0.25) is 0 Å². The molecule has 1 unspecified atom stereocenters. The minimum absolute atomic E-state index is 0.0965. The van der Waals surface area contributed by atoms with Gasteiger partial charge in [-0.15, -0.1) is 0 Å². The molecule has 1 saturated carbocycles. The van der Waals surface area contributed by atoms with E-state index in [2.05, 4.69) is 6.92 Å². The summed E-state index contributed by atoms with van der Waals surface area (Å²) in [5.41, 5.74) is 0. The fourth-order valence-electron chi connectivity index (χ4n) is 3.27. The Morgan fingerprint density at radius 2 is 1.90 bits per heavy atom. The molecule has 0 heterocycles. The molecule has 0 spiro atoms. The molecule has 0 bridgehead atoms. The van der Waals surface area contributed by atoms with Crippen molar-refractivity contribution in [1.29, 1.82) is 0 Å². The lowest BCUT2D eigenvalue weighted by atomic mass is 10.1. The molecule has 1 N–H and O–H groups in total. The van der Waals surface area contributed by atoms with E-state index in [4.69, 9.17) is 0 Å². The quantitative estimate of drug-likeness (QED) is 0.840. The van der Waals surface area contributed by atoms with Crippen LogP contribution in [-0.4, -0.2) is 24.4 Å². The van der Waals surface area contributed by atoms with E-state index < -0.39 is 20.7 Å². The van der Waals surface area contributed by atoms with Crippen LogP contribution in [-0.2, 0) is 9.84 Å². The van der Waals surface area contributed by atoms with Crippen LogP contribution < -0.4 is 0 Å². The first-order chi connectivity index (χ1) is 9.50. The van der Waals surface area contributed by atoms with Crippen LogP contribution in [0, 0.1) is 5.92 Å². The second-order valence-electron chi connectivity index (χ2n) is 5.77.